The molecule has 3 heteroatoms. The van der Waals surface area contributed by atoms with Gasteiger partial charge in [-0.15, -0.1) is 0 Å². The van der Waals surface area contributed by atoms with Gasteiger partial charge in [-0.2, -0.15) is 0 Å². The third kappa shape index (κ3) is 1.44. The summed E-state index contributed by atoms with van der Waals surface area (Å²) >= 11 is 0. The van der Waals surface area contributed by atoms with Gasteiger partial charge in [0.2, 0.25) is 0 Å². The van der Waals surface area contributed by atoms with Crippen LogP contribution in [0.1, 0.15) is 0 Å². The molecule has 0 radical (unpaired) electrons. The van der Waals surface area contributed by atoms with Crippen molar-refractivity contribution in [1.82, 2.24) is 0 Å². The maximum atomic E-state index is 11.4. The summed E-state index contributed by atoms with van der Waals surface area (Å²) in [6, 6.07) is 9.31. The van der Waals surface area contributed by atoms with Crippen molar-refractivity contribution < 1.29 is 9.59 Å². The zero-order chi connectivity index (χ0) is 9.97. The molecule has 0 spiro atoms. The van der Waals surface area contributed by atoms with Crippen molar-refractivity contribution in [3.05, 3.63) is 42.0 Å². The third-order valence-electron chi connectivity index (χ3n) is 2.13. The number of amides is 1. The number of nitrogens with zero attached hydrogens (tertiary/aromatic N) is 1. The van der Waals surface area contributed by atoms with E-state index in [9.17, 15) is 9.59 Å². The second-order valence-corrected chi connectivity index (χ2v) is 3.10. The molecule has 0 fully saturated rings. The van der Waals surface area contributed by atoms with Crippen molar-refractivity contribution >= 4 is 17.9 Å². The van der Waals surface area contributed by atoms with Gasteiger partial charge in [-0.3, -0.25) is 9.59 Å². The number of carbonyl (C=O) groups is 2. The summed E-state index contributed by atoms with van der Waals surface area (Å²) in [5, 5.41) is 0. The first kappa shape index (κ1) is 8.69. The molecule has 2 rings (SSSR count). The van der Waals surface area contributed by atoms with Crippen LogP contribution in [-0.2, 0) is 9.59 Å². The molecular formula is C11H9NO2. The van der Waals surface area contributed by atoms with Gasteiger partial charge in [0, 0.05) is 17.3 Å². The molecule has 0 unspecified atom stereocenters. The van der Waals surface area contributed by atoms with Gasteiger partial charge in [0.1, 0.15) is 6.29 Å². The summed E-state index contributed by atoms with van der Waals surface area (Å²) in [7, 11) is 0. The molecule has 0 saturated heterocycles. The Morgan fingerprint density at radius 2 is 1.93 bits per heavy atom. The summed E-state index contributed by atoms with van der Waals surface area (Å²) in [6.45, 7) is 0.381. The monoisotopic (exact) mass is 187 g/mol. The van der Waals surface area contributed by atoms with E-state index in [1.807, 2.05) is 30.3 Å². The van der Waals surface area contributed by atoms with Crippen LogP contribution in [0, 0.1) is 0 Å². The fourth-order valence-electron chi connectivity index (χ4n) is 1.44. The number of hydrogen-bond donors (Lipinski definition) is 0. The lowest BCUT2D eigenvalue weighted by atomic mass is 10.3. The molecule has 1 aromatic carbocycles. The molecule has 3 nitrogen and oxygen atoms in total. The van der Waals surface area contributed by atoms with Gasteiger partial charge < -0.3 is 4.90 Å². The lowest BCUT2D eigenvalue weighted by molar-refractivity contribution is -0.113. The maximum Gasteiger partial charge on any atom is 0.251 e. The largest absolute Gasteiger partial charge is 0.304 e. The van der Waals surface area contributed by atoms with Gasteiger partial charge in [0.15, 0.2) is 0 Å². The number of rotatable bonds is 2. The number of para-hydroxylation sites is 1. The van der Waals surface area contributed by atoms with E-state index < -0.39 is 0 Å². The van der Waals surface area contributed by atoms with Crippen molar-refractivity contribution in [3.63, 3.8) is 0 Å². The molecule has 70 valence electrons. The van der Waals surface area contributed by atoms with Crippen LogP contribution in [0.5, 0.6) is 0 Å². The van der Waals surface area contributed by atoms with E-state index in [-0.39, 0.29) is 5.91 Å². The van der Waals surface area contributed by atoms with Gasteiger partial charge in [-0.1, -0.05) is 18.2 Å². The number of aldehydes is 1. The minimum atomic E-state index is -0.127. The lowest BCUT2D eigenvalue weighted by Gasteiger charge is -2.15. The van der Waals surface area contributed by atoms with E-state index in [1.165, 1.54) is 6.08 Å². The summed E-state index contributed by atoms with van der Waals surface area (Å²) in [6.07, 6.45) is 2.10. The van der Waals surface area contributed by atoms with E-state index in [0.29, 0.717) is 12.1 Å². The normalized spacial score (nSPS) is 15.6. The SMILES string of the molecule is O=CC1=CC(=O)N(c2ccccc2)C1. The second kappa shape index (κ2) is 3.46. The minimum absolute atomic E-state index is 0.127. The lowest BCUT2D eigenvalue weighted by Crippen LogP contribution is -2.25. The summed E-state index contributed by atoms with van der Waals surface area (Å²) in [4.78, 5) is 23.5. The predicted octanol–water partition coefficient (Wildman–Crippen LogP) is 1.16. The molecule has 1 heterocycles. The Bertz CT molecular complexity index is 395. The Balaban J connectivity index is 2.25. The number of benzene rings is 1. The average Bonchev–Trinajstić information content (AvgIpc) is 2.61. The van der Waals surface area contributed by atoms with E-state index >= 15 is 0 Å². The first-order chi connectivity index (χ1) is 6.81. The first-order valence-electron chi connectivity index (χ1n) is 4.33. The van der Waals surface area contributed by atoms with Crippen molar-refractivity contribution in [1.29, 1.82) is 0 Å². The standard InChI is InChI=1S/C11H9NO2/c13-8-9-6-11(14)12(7-9)10-4-2-1-3-5-10/h1-6,8H,7H2. The smallest absolute Gasteiger partial charge is 0.251 e. The quantitative estimate of drug-likeness (QED) is 0.651. The van der Waals surface area contributed by atoms with Crippen LogP contribution < -0.4 is 4.90 Å². The molecular weight excluding hydrogens is 178 g/mol. The highest BCUT2D eigenvalue weighted by molar-refractivity contribution is 6.08. The Morgan fingerprint density at radius 3 is 2.50 bits per heavy atom. The molecule has 1 aliphatic rings. The molecule has 1 aliphatic heterocycles. The molecule has 0 saturated carbocycles. The molecule has 0 N–H and O–H groups in total. The van der Waals surface area contributed by atoms with Crippen LogP contribution in [0.25, 0.3) is 0 Å². The number of carbonyl (C=O) groups excluding carboxylic acids is 2. The molecule has 0 atom stereocenters. The van der Waals surface area contributed by atoms with Crippen LogP contribution in [0.4, 0.5) is 5.69 Å². The predicted molar refractivity (Wildman–Crippen MR) is 52.9 cm³/mol. The van der Waals surface area contributed by atoms with Gasteiger partial charge in [0.05, 0.1) is 6.54 Å². The van der Waals surface area contributed by atoms with Gasteiger partial charge in [-0.25, -0.2) is 0 Å². The fourth-order valence-corrected chi connectivity index (χ4v) is 1.44. The molecule has 1 aromatic rings. The number of anilines is 1. The third-order valence-corrected chi connectivity index (χ3v) is 2.13. The van der Waals surface area contributed by atoms with Crippen molar-refractivity contribution in [2.24, 2.45) is 0 Å². The fraction of sp³-hybridized carbons (Fsp3) is 0.0909. The van der Waals surface area contributed by atoms with Crippen LogP contribution in [0.3, 0.4) is 0 Å². The Labute approximate surface area is 81.6 Å². The van der Waals surface area contributed by atoms with Crippen molar-refractivity contribution in [2.45, 2.75) is 0 Å². The van der Waals surface area contributed by atoms with E-state index in [2.05, 4.69) is 0 Å². The topological polar surface area (TPSA) is 37.4 Å². The minimum Gasteiger partial charge on any atom is -0.304 e. The van der Waals surface area contributed by atoms with Crippen molar-refractivity contribution in [3.8, 4) is 0 Å². The van der Waals surface area contributed by atoms with Crippen LogP contribution in [0.15, 0.2) is 42.0 Å². The maximum absolute atomic E-state index is 11.4. The van der Waals surface area contributed by atoms with Crippen LogP contribution in [-0.4, -0.2) is 18.7 Å². The van der Waals surface area contributed by atoms with Gasteiger partial charge in [-0.05, 0) is 12.1 Å². The van der Waals surface area contributed by atoms with Crippen LogP contribution >= 0.6 is 0 Å². The highest BCUT2D eigenvalue weighted by atomic mass is 16.2. The number of hydrogen-bond acceptors (Lipinski definition) is 2. The molecule has 0 bridgehead atoms. The Morgan fingerprint density at radius 1 is 1.21 bits per heavy atom. The van der Waals surface area contributed by atoms with E-state index in [1.54, 1.807) is 4.90 Å². The van der Waals surface area contributed by atoms with Gasteiger partial charge >= 0.3 is 0 Å². The second-order valence-electron chi connectivity index (χ2n) is 3.10. The Kier molecular flexibility index (Phi) is 2.14. The summed E-state index contributed by atoms with van der Waals surface area (Å²) < 4.78 is 0. The molecule has 0 aromatic heterocycles. The van der Waals surface area contributed by atoms with Crippen LogP contribution in [0.2, 0.25) is 0 Å². The first-order valence-corrected chi connectivity index (χ1v) is 4.33. The zero-order valence-corrected chi connectivity index (χ0v) is 7.51. The molecule has 1 amide bonds. The summed E-state index contributed by atoms with van der Waals surface area (Å²) in [5.74, 6) is -0.127. The highest BCUT2D eigenvalue weighted by Gasteiger charge is 2.21. The van der Waals surface area contributed by atoms with E-state index in [4.69, 9.17) is 0 Å². The highest BCUT2D eigenvalue weighted by Crippen LogP contribution is 2.19. The molecule has 14 heavy (non-hydrogen) atoms. The van der Waals surface area contributed by atoms with Crippen molar-refractivity contribution in [2.75, 3.05) is 11.4 Å². The van der Waals surface area contributed by atoms with Gasteiger partial charge in [0.25, 0.3) is 5.91 Å². The molecule has 0 aliphatic carbocycles. The van der Waals surface area contributed by atoms with E-state index in [0.717, 1.165) is 12.0 Å². The summed E-state index contributed by atoms with van der Waals surface area (Å²) in [5.41, 5.74) is 1.35. The zero-order valence-electron chi connectivity index (χ0n) is 7.51. The average molecular weight is 187 g/mol. The Hall–Kier alpha value is -1.90.